The van der Waals surface area contributed by atoms with Gasteiger partial charge in [-0.2, -0.15) is 0 Å². The summed E-state index contributed by atoms with van der Waals surface area (Å²) in [5.41, 5.74) is 5.21. The highest BCUT2D eigenvalue weighted by Crippen LogP contribution is 2.40. The van der Waals surface area contributed by atoms with Crippen molar-refractivity contribution in [1.82, 2.24) is 29.7 Å². The van der Waals surface area contributed by atoms with E-state index >= 15 is 0 Å². The summed E-state index contributed by atoms with van der Waals surface area (Å²) in [4.78, 5) is 15.7. The van der Waals surface area contributed by atoms with Gasteiger partial charge in [-0.15, -0.1) is 0 Å². The average Bonchev–Trinajstić information content (AvgIpc) is 3.35. The van der Waals surface area contributed by atoms with Gasteiger partial charge in [0.1, 0.15) is 0 Å². The van der Waals surface area contributed by atoms with Crippen molar-refractivity contribution in [1.29, 1.82) is 0 Å². The lowest BCUT2D eigenvalue weighted by Crippen LogP contribution is -2.30. The molecular weight excluding hydrogens is 404 g/mol. The Bertz CT molecular complexity index is 1180. The summed E-state index contributed by atoms with van der Waals surface area (Å²) in [5, 5.41) is 4.21. The smallest absolute Gasteiger partial charge is 0.170 e. The summed E-state index contributed by atoms with van der Waals surface area (Å²) in [6.07, 6.45) is 7.31. The van der Waals surface area contributed by atoms with E-state index in [4.69, 9.17) is 12.2 Å². The van der Waals surface area contributed by atoms with Crippen LogP contribution in [-0.4, -0.2) is 29.5 Å². The van der Waals surface area contributed by atoms with Gasteiger partial charge in [-0.05, 0) is 67.7 Å². The van der Waals surface area contributed by atoms with Crippen LogP contribution in [-0.2, 0) is 6.54 Å². The van der Waals surface area contributed by atoms with Crippen LogP contribution in [0.5, 0.6) is 0 Å². The van der Waals surface area contributed by atoms with Gasteiger partial charge < -0.3 is 14.8 Å². The third kappa shape index (κ3) is 3.68. The van der Waals surface area contributed by atoms with Crippen molar-refractivity contribution in [3.05, 3.63) is 108 Å². The van der Waals surface area contributed by atoms with Gasteiger partial charge in [-0.3, -0.25) is 15.0 Å². The largest absolute Gasteiger partial charge is 0.352 e. The Morgan fingerprint density at radius 1 is 0.935 bits per heavy atom. The van der Waals surface area contributed by atoms with Gasteiger partial charge in [0.2, 0.25) is 0 Å². The lowest BCUT2D eigenvalue weighted by Gasteiger charge is -2.29. The van der Waals surface area contributed by atoms with Crippen LogP contribution < -0.4 is 5.32 Å². The highest BCUT2D eigenvalue weighted by atomic mass is 32.1. The predicted octanol–water partition coefficient (Wildman–Crippen LogP) is 4.14. The number of pyridine rings is 3. The minimum Gasteiger partial charge on any atom is -0.352 e. The highest BCUT2D eigenvalue weighted by molar-refractivity contribution is 7.80. The van der Waals surface area contributed by atoms with Crippen LogP contribution in [0, 0.1) is 6.92 Å². The van der Waals surface area contributed by atoms with Crippen LogP contribution in [0.3, 0.4) is 0 Å². The molecule has 0 amide bonds. The second-order valence-corrected chi connectivity index (χ2v) is 7.91. The molecule has 4 aromatic rings. The van der Waals surface area contributed by atoms with Gasteiger partial charge in [-0.1, -0.05) is 12.1 Å². The fourth-order valence-corrected chi connectivity index (χ4v) is 4.50. The topological polar surface area (TPSA) is 58.9 Å². The van der Waals surface area contributed by atoms with Crippen LogP contribution in [0.2, 0.25) is 0 Å². The number of aromatic nitrogens is 4. The molecule has 0 aliphatic carbocycles. The van der Waals surface area contributed by atoms with Crippen molar-refractivity contribution in [3.63, 3.8) is 0 Å². The van der Waals surface area contributed by atoms with Crippen molar-refractivity contribution in [3.8, 4) is 5.69 Å². The van der Waals surface area contributed by atoms with Gasteiger partial charge in [0, 0.05) is 30.0 Å². The van der Waals surface area contributed by atoms with Crippen LogP contribution in [0.4, 0.5) is 0 Å². The molecule has 0 saturated carbocycles. The molecule has 0 aromatic carbocycles. The van der Waals surface area contributed by atoms with Gasteiger partial charge in [0.15, 0.2) is 5.11 Å². The fourth-order valence-electron chi connectivity index (χ4n) is 4.19. The molecule has 7 heteroatoms. The summed E-state index contributed by atoms with van der Waals surface area (Å²) in [6.45, 7) is 2.72. The zero-order valence-electron chi connectivity index (χ0n) is 17.1. The Kier molecular flexibility index (Phi) is 5.18. The first kappa shape index (κ1) is 19.4. The van der Waals surface area contributed by atoms with Crippen LogP contribution in [0.25, 0.3) is 5.69 Å². The number of aryl methyl sites for hydroxylation is 1. The number of rotatable bonds is 5. The molecule has 0 unspecified atom stereocenters. The third-order valence-corrected chi connectivity index (χ3v) is 5.92. The first-order valence-electron chi connectivity index (χ1n) is 10.2. The molecule has 6 nitrogen and oxygen atoms in total. The molecular formula is C24H22N6S. The number of hydrogen-bond donors (Lipinski definition) is 1. The fraction of sp³-hybridized carbons (Fsp3) is 0.167. The first-order chi connectivity index (χ1) is 15.2. The quantitative estimate of drug-likeness (QED) is 0.484. The number of hydrogen-bond acceptors (Lipinski definition) is 4. The summed E-state index contributed by atoms with van der Waals surface area (Å²) < 4.78 is 2.24. The van der Waals surface area contributed by atoms with Crippen LogP contribution >= 0.6 is 12.2 Å². The van der Waals surface area contributed by atoms with E-state index in [-0.39, 0.29) is 12.1 Å². The van der Waals surface area contributed by atoms with Crippen molar-refractivity contribution in [2.24, 2.45) is 0 Å². The Hall–Kier alpha value is -3.58. The third-order valence-electron chi connectivity index (χ3n) is 5.57. The lowest BCUT2D eigenvalue weighted by atomic mass is 10.0. The van der Waals surface area contributed by atoms with E-state index in [0.717, 1.165) is 28.5 Å². The zero-order valence-corrected chi connectivity index (χ0v) is 17.9. The highest BCUT2D eigenvalue weighted by Gasteiger charge is 2.41. The number of nitrogens with zero attached hydrogens (tertiary/aromatic N) is 5. The standard InChI is InChI=1S/C24H22N6S/c1-17-10-11-21(30(17)19-8-6-12-25-15-19)23-22(20-9-3-5-14-27-20)28-24(31)29(23)16-18-7-2-4-13-26-18/h2-15,22-23H,16H2,1H3,(H,28,31)/t22-,23+/m0/s1. The monoisotopic (exact) mass is 426 g/mol. The number of thiocarbonyl (C=S) groups is 1. The summed E-state index contributed by atoms with van der Waals surface area (Å²) in [6, 6.07) is 20.1. The maximum Gasteiger partial charge on any atom is 0.170 e. The average molecular weight is 427 g/mol. The molecule has 0 radical (unpaired) electrons. The van der Waals surface area contributed by atoms with E-state index in [1.807, 2.05) is 61.1 Å². The number of nitrogens with one attached hydrogen (secondary N) is 1. The maximum absolute atomic E-state index is 5.80. The summed E-state index contributed by atoms with van der Waals surface area (Å²) >= 11 is 5.80. The molecule has 1 aliphatic rings. The summed E-state index contributed by atoms with van der Waals surface area (Å²) in [7, 11) is 0. The molecule has 31 heavy (non-hydrogen) atoms. The van der Waals surface area contributed by atoms with Crippen LogP contribution in [0.1, 0.15) is 34.9 Å². The normalized spacial score (nSPS) is 18.2. The van der Waals surface area contributed by atoms with E-state index < -0.39 is 0 Å². The minimum absolute atomic E-state index is 0.0571. The molecule has 1 N–H and O–H groups in total. The molecule has 0 spiro atoms. The SMILES string of the molecule is Cc1ccc([C@@H]2[C@H](c3ccccn3)NC(=S)N2Cc2ccccn2)n1-c1cccnc1. The minimum atomic E-state index is -0.0814. The molecule has 1 aliphatic heterocycles. The van der Waals surface area contributed by atoms with Crippen molar-refractivity contribution >= 4 is 17.3 Å². The first-order valence-corrected chi connectivity index (χ1v) is 10.6. The van der Waals surface area contributed by atoms with Gasteiger partial charge in [0.05, 0.1) is 41.9 Å². The van der Waals surface area contributed by atoms with Gasteiger partial charge in [-0.25, -0.2) is 0 Å². The van der Waals surface area contributed by atoms with Crippen molar-refractivity contribution in [2.45, 2.75) is 25.6 Å². The molecule has 5 heterocycles. The van der Waals surface area contributed by atoms with Gasteiger partial charge >= 0.3 is 0 Å². The predicted molar refractivity (Wildman–Crippen MR) is 124 cm³/mol. The second-order valence-electron chi connectivity index (χ2n) is 7.52. The van der Waals surface area contributed by atoms with Crippen LogP contribution in [0.15, 0.2) is 85.5 Å². The Morgan fingerprint density at radius 2 is 1.77 bits per heavy atom. The van der Waals surface area contributed by atoms with E-state index in [1.165, 1.54) is 0 Å². The zero-order chi connectivity index (χ0) is 21.2. The maximum atomic E-state index is 5.80. The van der Waals surface area contributed by atoms with Gasteiger partial charge in [0.25, 0.3) is 0 Å². The Morgan fingerprint density at radius 3 is 2.48 bits per heavy atom. The van der Waals surface area contributed by atoms with Crippen molar-refractivity contribution < 1.29 is 0 Å². The molecule has 5 rings (SSSR count). The van der Waals surface area contributed by atoms with E-state index in [2.05, 4.69) is 54.9 Å². The molecule has 4 aromatic heterocycles. The lowest BCUT2D eigenvalue weighted by molar-refractivity contribution is 0.299. The molecule has 154 valence electrons. The molecule has 1 saturated heterocycles. The molecule has 0 bridgehead atoms. The van der Waals surface area contributed by atoms with Crippen molar-refractivity contribution in [2.75, 3.05) is 0 Å². The Balaban J connectivity index is 1.63. The Labute approximate surface area is 186 Å². The molecule has 2 atom stereocenters. The van der Waals surface area contributed by atoms with E-state index in [0.29, 0.717) is 11.7 Å². The van der Waals surface area contributed by atoms with E-state index in [1.54, 1.807) is 6.20 Å². The van der Waals surface area contributed by atoms with E-state index in [9.17, 15) is 0 Å². The molecule has 1 fully saturated rings. The second kappa shape index (κ2) is 8.28. The summed E-state index contributed by atoms with van der Waals surface area (Å²) in [5.74, 6) is 0.